The van der Waals surface area contributed by atoms with Crippen LogP contribution in [0.4, 0.5) is 0 Å². The van der Waals surface area contributed by atoms with Crippen LogP contribution in [-0.2, 0) is 20.0 Å². The Bertz CT molecular complexity index is 248. The van der Waals surface area contributed by atoms with Gasteiger partial charge in [-0.15, -0.1) is 12.8 Å². The van der Waals surface area contributed by atoms with Gasteiger partial charge in [0.05, 0.1) is 0 Å². The molecule has 0 atom stereocenters. The van der Waals surface area contributed by atoms with Crippen molar-refractivity contribution < 1.29 is 44.8 Å². The monoisotopic (exact) mass is 320 g/mol. The molecule has 102 valence electrons. The van der Waals surface area contributed by atoms with Crippen LogP contribution in [0, 0.1) is 12.2 Å². The minimum absolute atomic E-state index is 0. The molecule has 0 fully saturated rings. The summed E-state index contributed by atoms with van der Waals surface area (Å²) < 4.78 is 0. The molecule has 0 aromatic carbocycles. The maximum absolute atomic E-state index is 3.25. The van der Waals surface area contributed by atoms with E-state index in [0.717, 1.165) is 12.8 Å². The summed E-state index contributed by atoms with van der Waals surface area (Å²) in [5.41, 5.74) is 2.82. The van der Waals surface area contributed by atoms with Crippen LogP contribution in [0.25, 0.3) is 0 Å². The fourth-order valence-corrected chi connectivity index (χ4v) is 0.960. The van der Waals surface area contributed by atoms with Gasteiger partial charge in [-0.05, 0) is 0 Å². The predicted octanol–water partition coefficient (Wildman–Crippen LogP) is -1.61. The molecular weight excluding hydrogens is 299 g/mol. The molecule has 0 aromatic heterocycles. The van der Waals surface area contributed by atoms with Gasteiger partial charge < -0.3 is 24.8 Å². The van der Waals surface area contributed by atoms with Crippen molar-refractivity contribution in [3.8, 4) is 0 Å². The Labute approximate surface area is 137 Å². The number of hydrogen-bond acceptors (Lipinski definition) is 0. The van der Waals surface area contributed by atoms with E-state index in [-0.39, 0.29) is 24.8 Å². The summed E-state index contributed by atoms with van der Waals surface area (Å²) in [6.07, 6.45) is 16.3. The van der Waals surface area contributed by atoms with Crippen molar-refractivity contribution in [2.24, 2.45) is 0 Å². The number of rotatable bonds is 0. The SMILES string of the molecule is CC.CC1=CC=[C-]C1.CC1=CC=[C-]C1.[CH2]=[Ti+2].[Cl-].[Cl-]. The summed E-state index contributed by atoms with van der Waals surface area (Å²) >= 11 is 1.75. The molecule has 0 aromatic rings. The second-order valence-corrected chi connectivity index (χ2v) is 3.12. The van der Waals surface area contributed by atoms with Crippen LogP contribution in [0.1, 0.15) is 40.5 Å². The molecule has 0 spiro atoms. The third kappa shape index (κ3) is 18.5. The Hall–Kier alpha value is 0.124. The summed E-state index contributed by atoms with van der Waals surface area (Å²) in [4.78, 5) is 3.25. The van der Waals surface area contributed by atoms with E-state index in [1.54, 1.807) is 20.0 Å². The van der Waals surface area contributed by atoms with Gasteiger partial charge in [-0.2, -0.15) is 11.1 Å². The molecule has 2 aliphatic carbocycles. The molecule has 0 amide bonds. The summed E-state index contributed by atoms with van der Waals surface area (Å²) in [6.45, 7) is 8.22. The van der Waals surface area contributed by atoms with Crippen molar-refractivity contribution >= 4 is 4.82 Å². The molecule has 3 heteroatoms. The molecule has 0 unspecified atom stereocenters. The Morgan fingerprint density at radius 2 is 1.17 bits per heavy atom. The second kappa shape index (κ2) is 22.3. The van der Waals surface area contributed by atoms with E-state index in [1.165, 1.54) is 11.1 Å². The van der Waals surface area contributed by atoms with Gasteiger partial charge in [0.25, 0.3) is 0 Å². The van der Waals surface area contributed by atoms with Gasteiger partial charge in [-0.3, -0.25) is 12.2 Å². The van der Waals surface area contributed by atoms with E-state index in [1.807, 2.05) is 26.0 Å². The van der Waals surface area contributed by atoms with Gasteiger partial charge in [0.2, 0.25) is 0 Å². The summed E-state index contributed by atoms with van der Waals surface area (Å²) in [7, 11) is 0. The average Bonchev–Trinajstić information content (AvgIpc) is 2.98. The van der Waals surface area contributed by atoms with E-state index in [0.29, 0.717) is 0 Å². The molecule has 0 bridgehead atoms. The summed E-state index contributed by atoms with van der Waals surface area (Å²) in [5, 5.41) is 0. The predicted molar refractivity (Wildman–Crippen MR) is 70.8 cm³/mol. The molecule has 0 saturated carbocycles. The van der Waals surface area contributed by atoms with Gasteiger partial charge in [-0.1, -0.05) is 27.7 Å². The number of allylic oxidation sites excluding steroid dienone is 8. The maximum atomic E-state index is 3.25. The first kappa shape index (κ1) is 26.6. The van der Waals surface area contributed by atoms with Crippen LogP contribution in [0.3, 0.4) is 0 Å². The maximum Gasteiger partial charge on any atom is -1.00 e. The Morgan fingerprint density at radius 3 is 1.22 bits per heavy atom. The van der Waals surface area contributed by atoms with Gasteiger partial charge in [-0.25, -0.2) is 24.3 Å². The molecule has 0 nitrogen and oxygen atoms in total. The zero-order valence-electron chi connectivity index (χ0n) is 11.7. The van der Waals surface area contributed by atoms with Crippen LogP contribution >= 0.6 is 0 Å². The first-order chi connectivity index (χ1) is 7.79. The molecule has 18 heavy (non-hydrogen) atoms. The molecule has 0 aliphatic heterocycles. The fourth-order valence-electron chi connectivity index (χ4n) is 0.960. The number of hydrogen-bond donors (Lipinski definition) is 0. The van der Waals surface area contributed by atoms with Crippen LogP contribution in [0.2, 0.25) is 0 Å². The normalized spacial score (nSPS) is 13.0. The molecule has 2 aliphatic rings. The zero-order chi connectivity index (χ0) is 12.8. The Balaban J connectivity index is -0.0000000787. The first-order valence-corrected chi connectivity index (χ1v) is 6.69. The second-order valence-electron chi connectivity index (χ2n) is 3.12. The first-order valence-electron chi connectivity index (χ1n) is 5.59. The summed E-state index contributed by atoms with van der Waals surface area (Å²) in [5.74, 6) is 0. The van der Waals surface area contributed by atoms with Crippen LogP contribution in [-0.4, -0.2) is 4.82 Å². The van der Waals surface area contributed by atoms with Crippen molar-refractivity contribution in [1.29, 1.82) is 0 Å². The molecule has 0 radical (unpaired) electrons. The quantitative estimate of drug-likeness (QED) is 0.372. The van der Waals surface area contributed by atoms with E-state index in [9.17, 15) is 0 Å². The Kier molecular flexibility index (Phi) is 33.0. The number of halogens is 2. The third-order valence-corrected chi connectivity index (χ3v) is 1.73. The van der Waals surface area contributed by atoms with Gasteiger partial charge in [0.15, 0.2) is 0 Å². The third-order valence-electron chi connectivity index (χ3n) is 1.73. The molecule has 0 heterocycles. The van der Waals surface area contributed by atoms with Crippen LogP contribution in [0.15, 0.2) is 35.5 Å². The fraction of sp³-hybridized carbons (Fsp3) is 0.400. The molecule has 0 N–H and O–H groups in total. The van der Waals surface area contributed by atoms with Crippen molar-refractivity contribution in [2.75, 3.05) is 0 Å². The molecule has 2 rings (SSSR count). The van der Waals surface area contributed by atoms with Gasteiger partial charge >= 0.3 is 24.8 Å². The minimum Gasteiger partial charge on any atom is -1.00 e. The summed E-state index contributed by atoms with van der Waals surface area (Å²) in [6, 6.07) is 0. The van der Waals surface area contributed by atoms with E-state index < -0.39 is 0 Å². The van der Waals surface area contributed by atoms with Crippen molar-refractivity contribution in [2.45, 2.75) is 40.5 Å². The van der Waals surface area contributed by atoms with E-state index >= 15 is 0 Å². The van der Waals surface area contributed by atoms with Crippen LogP contribution in [0.5, 0.6) is 0 Å². The topological polar surface area (TPSA) is 0 Å². The van der Waals surface area contributed by atoms with Crippen molar-refractivity contribution in [3.63, 3.8) is 0 Å². The average molecular weight is 321 g/mol. The van der Waals surface area contributed by atoms with E-state index in [4.69, 9.17) is 0 Å². The smallest absolute Gasteiger partial charge is 1.00 e. The molecular formula is C15H22Cl2Ti-2. The van der Waals surface area contributed by atoms with E-state index in [2.05, 4.69) is 43.0 Å². The van der Waals surface area contributed by atoms with Crippen molar-refractivity contribution in [3.05, 3.63) is 47.6 Å². The zero-order valence-corrected chi connectivity index (χ0v) is 14.8. The van der Waals surface area contributed by atoms with Gasteiger partial charge in [0.1, 0.15) is 0 Å². The van der Waals surface area contributed by atoms with Gasteiger partial charge in [0, 0.05) is 0 Å². The van der Waals surface area contributed by atoms with Crippen molar-refractivity contribution in [1.82, 2.24) is 0 Å². The molecule has 0 saturated heterocycles. The largest absolute Gasteiger partial charge is 1.00 e. The standard InChI is InChI=1S/2C6H7.C2H6.CH2.2ClH.Ti/c2*1-6-4-2-3-5-6;1-2;;;;/h2*2,4H,5H2,1H3;1-2H3;1H2;2*1H;/q2*-1;;;;;+2/p-2. The minimum atomic E-state index is 0. The Morgan fingerprint density at radius 1 is 0.889 bits per heavy atom. The van der Waals surface area contributed by atoms with Crippen LogP contribution < -0.4 is 24.8 Å².